The van der Waals surface area contributed by atoms with Crippen LogP contribution in [0.4, 0.5) is 21.7 Å². The highest BCUT2D eigenvalue weighted by atomic mass is 19.1. The van der Waals surface area contributed by atoms with Gasteiger partial charge in [-0.15, -0.1) is 0 Å². The van der Waals surface area contributed by atoms with Crippen molar-refractivity contribution < 1.29 is 9.18 Å². The Labute approximate surface area is 199 Å². The lowest BCUT2D eigenvalue weighted by atomic mass is 9.78. The van der Waals surface area contributed by atoms with E-state index in [1.165, 1.54) is 11.9 Å². The van der Waals surface area contributed by atoms with Crippen molar-refractivity contribution in [2.75, 3.05) is 50.0 Å². The molecule has 34 heavy (non-hydrogen) atoms. The highest BCUT2D eigenvalue weighted by Gasteiger charge is 2.32. The normalized spacial score (nSPS) is 17.8. The van der Waals surface area contributed by atoms with Gasteiger partial charge in [0.2, 0.25) is 5.95 Å². The second kappa shape index (κ2) is 8.68. The molecule has 0 bridgehead atoms. The predicted octanol–water partition coefficient (Wildman–Crippen LogP) is 3.80. The maximum absolute atomic E-state index is 14.7. The second-order valence-electron chi connectivity index (χ2n) is 9.68. The summed E-state index contributed by atoms with van der Waals surface area (Å²) in [7, 11) is 2.14. The molecule has 2 aliphatic heterocycles. The van der Waals surface area contributed by atoms with Crippen LogP contribution in [0.15, 0.2) is 48.7 Å². The number of carbonyl (C=O) groups excluding carboxylic acids is 1. The van der Waals surface area contributed by atoms with E-state index in [1.807, 2.05) is 18.2 Å². The Morgan fingerprint density at radius 1 is 1.06 bits per heavy atom. The Morgan fingerprint density at radius 2 is 1.79 bits per heavy atom. The third-order valence-electron chi connectivity index (χ3n) is 6.69. The van der Waals surface area contributed by atoms with Crippen LogP contribution in [0.5, 0.6) is 0 Å². The van der Waals surface area contributed by atoms with E-state index in [-0.39, 0.29) is 17.0 Å². The fourth-order valence-corrected chi connectivity index (χ4v) is 4.52. The molecule has 0 atom stereocenters. The summed E-state index contributed by atoms with van der Waals surface area (Å²) in [5, 5.41) is 6.09. The molecule has 1 saturated heterocycles. The number of nitrogens with zero attached hydrogens (tertiary/aromatic N) is 4. The maximum atomic E-state index is 14.7. The minimum Gasteiger partial charge on any atom is -0.369 e. The monoisotopic (exact) mass is 460 g/mol. The van der Waals surface area contributed by atoms with Crippen molar-refractivity contribution >= 4 is 23.2 Å². The Bertz CT molecular complexity index is 1220. The quantitative estimate of drug-likeness (QED) is 0.617. The van der Waals surface area contributed by atoms with Gasteiger partial charge in [-0.1, -0.05) is 19.9 Å². The van der Waals surface area contributed by atoms with E-state index in [2.05, 4.69) is 63.4 Å². The standard InChI is InChI=1S/C26H29FN6O/c1-26(2)16-29-24(34)20-9-4-17(14-21(20)26)23-22(27)15-28-25(31-23)30-18-5-7-19(8-6-18)33-12-10-32(3)11-13-33/h4-9,14-15H,10-13,16H2,1-3H3,(H,29,34)(H,28,30,31). The van der Waals surface area contributed by atoms with E-state index in [9.17, 15) is 9.18 Å². The molecule has 2 N–H and O–H groups in total. The van der Waals surface area contributed by atoms with E-state index in [1.54, 1.807) is 12.1 Å². The Morgan fingerprint density at radius 3 is 2.53 bits per heavy atom. The van der Waals surface area contributed by atoms with Gasteiger partial charge in [-0.3, -0.25) is 4.79 Å². The van der Waals surface area contributed by atoms with E-state index >= 15 is 0 Å². The first-order valence-electron chi connectivity index (χ1n) is 11.6. The number of fused-ring (bicyclic) bond motifs is 1. The van der Waals surface area contributed by atoms with Crippen LogP contribution in [-0.2, 0) is 5.41 Å². The molecular weight excluding hydrogens is 431 g/mol. The number of halogens is 1. The molecule has 0 radical (unpaired) electrons. The van der Waals surface area contributed by atoms with E-state index in [0.717, 1.165) is 37.4 Å². The molecule has 1 amide bonds. The number of aromatic nitrogens is 2. The summed E-state index contributed by atoms with van der Waals surface area (Å²) in [6.45, 7) is 8.77. The van der Waals surface area contributed by atoms with Crippen molar-refractivity contribution in [2.45, 2.75) is 19.3 Å². The number of likely N-dealkylation sites (N-methyl/N-ethyl adjacent to an activating group) is 1. The van der Waals surface area contributed by atoms with Gasteiger partial charge in [0.05, 0.1) is 6.20 Å². The van der Waals surface area contributed by atoms with Crippen molar-refractivity contribution in [2.24, 2.45) is 0 Å². The summed E-state index contributed by atoms with van der Waals surface area (Å²) < 4.78 is 14.7. The third-order valence-corrected chi connectivity index (χ3v) is 6.69. The van der Waals surface area contributed by atoms with Gasteiger partial charge in [0.25, 0.3) is 5.91 Å². The Balaban J connectivity index is 1.38. The molecule has 5 rings (SSSR count). The van der Waals surface area contributed by atoms with Crippen LogP contribution in [0.2, 0.25) is 0 Å². The number of anilines is 3. The van der Waals surface area contributed by atoms with E-state index in [4.69, 9.17) is 0 Å². The first-order valence-corrected chi connectivity index (χ1v) is 11.6. The average Bonchev–Trinajstić information content (AvgIpc) is 2.84. The summed E-state index contributed by atoms with van der Waals surface area (Å²) in [6, 6.07) is 13.5. The summed E-state index contributed by atoms with van der Waals surface area (Å²) >= 11 is 0. The zero-order chi connectivity index (χ0) is 23.9. The zero-order valence-electron chi connectivity index (χ0n) is 19.7. The average molecular weight is 461 g/mol. The van der Waals surface area contributed by atoms with Gasteiger partial charge in [0.15, 0.2) is 5.82 Å². The molecule has 7 nitrogen and oxygen atoms in total. The minimum absolute atomic E-state index is 0.105. The highest BCUT2D eigenvalue weighted by Crippen LogP contribution is 2.33. The van der Waals surface area contributed by atoms with Crippen LogP contribution in [0.3, 0.4) is 0 Å². The van der Waals surface area contributed by atoms with Crippen molar-refractivity contribution in [1.82, 2.24) is 20.2 Å². The molecule has 1 aromatic heterocycles. The van der Waals surface area contributed by atoms with Crippen molar-refractivity contribution in [3.63, 3.8) is 0 Å². The molecule has 2 aromatic carbocycles. The van der Waals surface area contributed by atoms with Crippen LogP contribution in [0, 0.1) is 5.82 Å². The lowest BCUT2D eigenvalue weighted by molar-refractivity contribution is 0.0930. The van der Waals surface area contributed by atoms with Gasteiger partial charge in [-0.25, -0.2) is 14.4 Å². The maximum Gasteiger partial charge on any atom is 0.251 e. The van der Waals surface area contributed by atoms with Crippen molar-refractivity contribution in [3.8, 4) is 11.3 Å². The van der Waals surface area contributed by atoms with E-state index < -0.39 is 5.82 Å². The summed E-state index contributed by atoms with van der Waals surface area (Å²) in [6.07, 6.45) is 1.18. The summed E-state index contributed by atoms with van der Waals surface area (Å²) in [5.41, 5.74) is 4.09. The minimum atomic E-state index is -0.506. The molecule has 2 aliphatic rings. The van der Waals surface area contributed by atoms with Gasteiger partial charge >= 0.3 is 0 Å². The molecule has 8 heteroatoms. The molecule has 0 saturated carbocycles. The van der Waals surface area contributed by atoms with Crippen LogP contribution in [0.1, 0.15) is 29.8 Å². The molecule has 3 aromatic rings. The second-order valence-corrected chi connectivity index (χ2v) is 9.68. The number of nitrogens with one attached hydrogen (secondary N) is 2. The summed E-state index contributed by atoms with van der Waals surface area (Å²) in [4.78, 5) is 25.5. The summed E-state index contributed by atoms with van der Waals surface area (Å²) in [5.74, 6) is -0.293. The molecule has 0 aliphatic carbocycles. The molecule has 0 spiro atoms. The van der Waals surface area contributed by atoms with Gasteiger partial charge in [0, 0.05) is 60.6 Å². The first kappa shape index (κ1) is 22.3. The van der Waals surface area contributed by atoms with Gasteiger partial charge in [0.1, 0.15) is 5.69 Å². The van der Waals surface area contributed by atoms with Crippen LogP contribution >= 0.6 is 0 Å². The number of hydrogen-bond donors (Lipinski definition) is 2. The lowest BCUT2D eigenvalue weighted by Crippen LogP contribution is -2.44. The fourth-order valence-electron chi connectivity index (χ4n) is 4.52. The number of rotatable bonds is 4. The SMILES string of the molecule is CN1CCN(c2ccc(Nc3ncc(F)c(-c4ccc5c(c4)C(C)(C)CNC5=O)n3)cc2)CC1. The zero-order valence-corrected chi connectivity index (χ0v) is 19.7. The lowest BCUT2D eigenvalue weighted by Gasteiger charge is -2.34. The smallest absolute Gasteiger partial charge is 0.251 e. The van der Waals surface area contributed by atoms with Crippen LogP contribution < -0.4 is 15.5 Å². The number of carbonyl (C=O) groups is 1. The highest BCUT2D eigenvalue weighted by molar-refractivity contribution is 5.98. The van der Waals surface area contributed by atoms with Gasteiger partial charge in [-0.2, -0.15) is 0 Å². The Hall–Kier alpha value is -3.52. The molecule has 0 unspecified atom stereocenters. The van der Waals surface area contributed by atoms with Gasteiger partial charge in [-0.05, 0) is 49.0 Å². The van der Waals surface area contributed by atoms with Crippen molar-refractivity contribution in [3.05, 3.63) is 65.6 Å². The molecule has 1 fully saturated rings. The molecule has 3 heterocycles. The van der Waals surface area contributed by atoms with Crippen molar-refractivity contribution in [1.29, 1.82) is 0 Å². The van der Waals surface area contributed by atoms with E-state index in [0.29, 0.717) is 23.6 Å². The largest absolute Gasteiger partial charge is 0.369 e. The third kappa shape index (κ3) is 4.33. The van der Waals surface area contributed by atoms with Crippen LogP contribution in [-0.4, -0.2) is 60.5 Å². The first-order chi connectivity index (χ1) is 16.3. The number of piperazine rings is 1. The predicted molar refractivity (Wildman–Crippen MR) is 132 cm³/mol. The molecular formula is C26H29FN6O. The number of amides is 1. The van der Waals surface area contributed by atoms with Crippen LogP contribution in [0.25, 0.3) is 11.3 Å². The fraction of sp³-hybridized carbons (Fsp3) is 0.346. The number of benzene rings is 2. The van der Waals surface area contributed by atoms with Gasteiger partial charge < -0.3 is 20.4 Å². The molecule has 176 valence electrons. The number of hydrogen-bond acceptors (Lipinski definition) is 6. The Kier molecular flexibility index (Phi) is 5.69. The topological polar surface area (TPSA) is 73.4 Å².